The van der Waals surface area contributed by atoms with Crippen LogP contribution in [0.5, 0.6) is 0 Å². The van der Waals surface area contributed by atoms with Crippen molar-refractivity contribution < 1.29 is 0 Å². The summed E-state index contributed by atoms with van der Waals surface area (Å²) in [5, 5.41) is 6.59. The molecule has 0 aliphatic carbocycles. The molecule has 0 aromatic heterocycles. The van der Waals surface area contributed by atoms with Crippen LogP contribution in [-0.2, 0) is 0 Å². The van der Waals surface area contributed by atoms with Crippen molar-refractivity contribution in [2.75, 3.05) is 13.1 Å². The fourth-order valence-corrected chi connectivity index (χ4v) is 0.543. The highest BCUT2D eigenvalue weighted by atomic mass is 15.1. The topological polar surface area (TPSA) is 50.4 Å². The first-order chi connectivity index (χ1) is 4.41. The lowest BCUT2D eigenvalue weighted by molar-refractivity contribution is 0.688. The van der Waals surface area contributed by atoms with E-state index in [-0.39, 0.29) is 0 Å². The predicted octanol–water partition coefficient (Wildman–Crippen LogP) is 0.321. The predicted molar refractivity (Wildman–Crippen MR) is 40.5 cm³/mol. The number of rotatable bonds is 5. The summed E-state index contributed by atoms with van der Waals surface area (Å²) in [5.41, 5.74) is 0. The normalized spacial score (nSPS) is 10.8. The second-order valence-corrected chi connectivity index (χ2v) is 1.87. The van der Waals surface area contributed by atoms with E-state index in [0.717, 1.165) is 19.5 Å². The Morgan fingerprint density at radius 1 is 1.56 bits per heavy atom. The smallest absolute Gasteiger partial charge is 0.0252 e. The van der Waals surface area contributed by atoms with Gasteiger partial charge in [-0.15, -0.1) is 0 Å². The lowest BCUT2D eigenvalue weighted by Gasteiger charge is -1.96. The van der Waals surface area contributed by atoms with Crippen LogP contribution in [0.15, 0.2) is 5.10 Å². The van der Waals surface area contributed by atoms with Gasteiger partial charge in [0.1, 0.15) is 0 Å². The maximum Gasteiger partial charge on any atom is 0.0252 e. The third kappa shape index (κ3) is 7.43. The molecule has 0 aromatic rings. The Morgan fingerprint density at radius 2 is 2.33 bits per heavy atom. The highest BCUT2D eigenvalue weighted by molar-refractivity contribution is 5.56. The number of hydrogen-bond donors (Lipinski definition) is 2. The van der Waals surface area contributed by atoms with Crippen LogP contribution >= 0.6 is 0 Å². The van der Waals surface area contributed by atoms with Crippen molar-refractivity contribution in [2.45, 2.75) is 19.8 Å². The molecule has 0 radical (unpaired) electrons. The van der Waals surface area contributed by atoms with Crippen LogP contribution in [0, 0.1) is 0 Å². The molecule has 0 aromatic carbocycles. The van der Waals surface area contributed by atoms with Crippen LogP contribution in [0.3, 0.4) is 0 Å². The van der Waals surface area contributed by atoms with Gasteiger partial charge < -0.3 is 11.2 Å². The first-order valence-corrected chi connectivity index (χ1v) is 3.34. The van der Waals surface area contributed by atoms with Gasteiger partial charge in [0.15, 0.2) is 0 Å². The largest absolute Gasteiger partial charge is 0.324 e. The summed E-state index contributed by atoms with van der Waals surface area (Å²) < 4.78 is 0. The van der Waals surface area contributed by atoms with Gasteiger partial charge in [-0.05, 0) is 19.4 Å². The van der Waals surface area contributed by atoms with Crippen molar-refractivity contribution >= 4 is 6.21 Å². The summed E-state index contributed by atoms with van der Waals surface area (Å²) in [6.07, 6.45) is 3.82. The van der Waals surface area contributed by atoms with E-state index in [0.29, 0.717) is 0 Å². The number of nitrogens with zero attached hydrogens (tertiary/aromatic N) is 1. The van der Waals surface area contributed by atoms with E-state index in [4.69, 9.17) is 5.84 Å². The summed E-state index contributed by atoms with van der Waals surface area (Å²) in [6, 6.07) is 0. The number of nitrogens with two attached hydrogens (primary N) is 1. The third-order valence-electron chi connectivity index (χ3n) is 0.982. The Balaban J connectivity index is 2.75. The van der Waals surface area contributed by atoms with Gasteiger partial charge in [-0.2, -0.15) is 5.10 Å². The molecule has 0 aliphatic rings. The zero-order valence-electron chi connectivity index (χ0n) is 5.93. The average Bonchev–Trinajstić information content (AvgIpc) is 1.89. The first kappa shape index (κ1) is 8.43. The molecule has 0 spiro atoms. The fourth-order valence-electron chi connectivity index (χ4n) is 0.543. The zero-order chi connectivity index (χ0) is 6.95. The molecule has 0 fully saturated rings. The zero-order valence-corrected chi connectivity index (χ0v) is 5.93. The van der Waals surface area contributed by atoms with E-state index in [9.17, 15) is 0 Å². The molecule has 0 bridgehead atoms. The van der Waals surface area contributed by atoms with Gasteiger partial charge in [0, 0.05) is 12.8 Å². The molecular formula is C6H15N3. The van der Waals surface area contributed by atoms with Crippen molar-refractivity contribution in [3.8, 4) is 0 Å². The molecule has 0 saturated carbocycles. The van der Waals surface area contributed by atoms with Crippen molar-refractivity contribution in [3.05, 3.63) is 0 Å². The highest BCUT2D eigenvalue weighted by Gasteiger charge is 1.80. The van der Waals surface area contributed by atoms with Crippen LogP contribution in [0.25, 0.3) is 0 Å². The monoisotopic (exact) mass is 129 g/mol. The third-order valence-corrected chi connectivity index (χ3v) is 0.982. The van der Waals surface area contributed by atoms with Crippen LogP contribution in [0.4, 0.5) is 0 Å². The number of hydrazone groups is 1. The maximum absolute atomic E-state index is 4.88. The van der Waals surface area contributed by atoms with E-state index < -0.39 is 0 Å². The Kier molecular flexibility index (Phi) is 6.96. The molecule has 0 atom stereocenters. The highest BCUT2D eigenvalue weighted by Crippen LogP contribution is 1.71. The van der Waals surface area contributed by atoms with E-state index in [1.165, 1.54) is 6.42 Å². The van der Waals surface area contributed by atoms with E-state index >= 15 is 0 Å². The minimum Gasteiger partial charge on any atom is -0.324 e. The number of nitrogens with one attached hydrogen (secondary N) is 1. The molecule has 3 N–H and O–H groups in total. The van der Waals surface area contributed by atoms with Crippen LogP contribution < -0.4 is 11.2 Å². The molecule has 0 rings (SSSR count). The van der Waals surface area contributed by atoms with Gasteiger partial charge >= 0.3 is 0 Å². The van der Waals surface area contributed by atoms with Gasteiger partial charge in [0.2, 0.25) is 0 Å². The Morgan fingerprint density at radius 3 is 2.89 bits per heavy atom. The molecular weight excluding hydrogens is 114 g/mol. The van der Waals surface area contributed by atoms with Crippen LogP contribution in [0.2, 0.25) is 0 Å². The Bertz CT molecular complexity index is 70.7. The molecule has 54 valence electrons. The summed E-state index contributed by atoms with van der Waals surface area (Å²) >= 11 is 0. The molecule has 0 saturated heterocycles. The molecule has 9 heavy (non-hydrogen) atoms. The first-order valence-electron chi connectivity index (χ1n) is 3.34. The summed E-state index contributed by atoms with van der Waals surface area (Å²) in [4.78, 5) is 0. The second kappa shape index (κ2) is 7.43. The fraction of sp³-hybridized carbons (Fsp3) is 0.833. The van der Waals surface area contributed by atoms with Crippen molar-refractivity contribution in [2.24, 2.45) is 10.9 Å². The minimum atomic E-state index is 0.927. The molecule has 3 nitrogen and oxygen atoms in total. The summed E-state index contributed by atoms with van der Waals surface area (Å²) in [6.45, 7) is 4.21. The lowest BCUT2D eigenvalue weighted by Crippen LogP contribution is -2.16. The molecule has 0 heterocycles. The molecule has 3 heteroatoms. The van der Waals surface area contributed by atoms with Gasteiger partial charge in [0.05, 0.1) is 0 Å². The van der Waals surface area contributed by atoms with Gasteiger partial charge in [0.25, 0.3) is 0 Å². The van der Waals surface area contributed by atoms with Crippen molar-refractivity contribution in [3.63, 3.8) is 0 Å². The summed E-state index contributed by atoms with van der Waals surface area (Å²) in [5.74, 6) is 4.88. The SMILES string of the molecule is CCCNCCC=NN. The average molecular weight is 129 g/mol. The second-order valence-electron chi connectivity index (χ2n) is 1.87. The quantitative estimate of drug-likeness (QED) is 0.243. The lowest BCUT2D eigenvalue weighted by atomic mass is 10.4. The molecule has 0 unspecified atom stereocenters. The van der Waals surface area contributed by atoms with E-state index in [1.54, 1.807) is 6.21 Å². The van der Waals surface area contributed by atoms with Crippen molar-refractivity contribution in [1.82, 2.24) is 5.32 Å². The van der Waals surface area contributed by atoms with E-state index in [1.807, 2.05) is 0 Å². The Hall–Kier alpha value is -0.570. The van der Waals surface area contributed by atoms with E-state index in [2.05, 4.69) is 17.3 Å². The van der Waals surface area contributed by atoms with Crippen LogP contribution in [-0.4, -0.2) is 19.3 Å². The maximum atomic E-state index is 4.88. The standard InChI is InChI=1S/C6H15N3/c1-2-4-8-5-3-6-9-7/h6,8H,2-5,7H2,1H3. The van der Waals surface area contributed by atoms with Crippen molar-refractivity contribution in [1.29, 1.82) is 0 Å². The summed E-state index contributed by atoms with van der Waals surface area (Å²) in [7, 11) is 0. The van der Waals surface area contributed by atoms with Gasteiger partial charge in [-0.3, -0.25) is 0 Å². The molecule has 0 aliphatic heterocycles. The number of hydrogen-bond acceptors (Lipinski definition) is 3. The van der Waals surface area contributed by atoms with Gasteiger partial charge in [-0.1, -0.05) is 6.92 Å². The van der Waals surface area contributed by atoms with Gasteiger partial charge in [-0.25, -0.2) is 0 Å². The molecule has 0 amide bonds. The Labute approximate surface area is 56.3 Å². The van der Waals surface area contributed by atoms with Crippen LogP contribution in [0.1, 0.15) is 19.8 Å². The minimum absolute atomic E-state index is 0.927.